The van der Waals surface area contributed by atoms with Gasteiger partial charge in [0, 0.05) is 24.9 Å². The van der Waals surface area contributed by atoms with Gasteiger partial charge in [-0.05, 0) is 30.7 Å². The highest BCUT2D eigenvalue weighted by molar-refractivity contribution is 7.91. The van der Waals surface area contributed by atoms with E-state index in [-0.39, 0.29) is 12.5 Å². The summed E-state index contributed by atoms with van der Waals surface area (Å²) in [6.45, 7) is 0.642. The minimum Gasteiger partial charge on any atom is -0.337 e. The highest BCUT2D eigenvalue weighted by atomic mass is 32.2. The van der Waals surface area contributed by atoms with Crippen LogP contribution in [0.5, 0.6) is 0 Å². The summed E-state index contributed by atoms with van der Waals surface area (Å²) in [6.07, 6.45) is 1.65. The van der Waals surface area contributed by atoms with E-state index in [0.717, 1.165) is 0 Å². The van der Waals surface area contributed by atoms with Gasteiger partial charge in [0.25, 0.3) is 5.91 Å². The molecule has 1 atom stereocenters. The number of rotatable bonds is 2. The van der Waals surface area contributed by atoms with E-state index in [2.05, 4.69) is 0 Å². The molecule has 0 aromatic heterocycles. The second-order valence-electron chi connectivity index (χ2n) is 4.50. The average molecular weight is 271 g/mol. The van der Waals surface area contributed by atoms with Crippen molar-refractivity contribution in [2.75, 3.05) is 19.3 Å². The molecule has 1 aliphatic heterocycles. The molecule has 1 heterocycles. The lowest BCUT2D eigenvalue weighted by Crippen LogP contribution is -2.31. The normalized spacial score (nSPS) is 20.1. The number of hydrogen-bond acceptors (Lipinski definition) is 3. The molecule has 1 fully saturated rings. The molecule has 2 rings (SSSR count). The molecule has 0 aliphatic carbocycles. The molecule has 98 valence electrons. The van der Waals surface area contributed by atoms with E-state index >= 15 is 0 Å². The lowest BCUT2D eigenvalue weighted by Gasteiger charge is -2.16. The number of carbonyl (C=O) groups excluding carboxylic acids is 1. The van der Waals surface area contributed by atoms with Crippen molar-refractivity contribution < 1.29 is 17.6 Å². The van der Waals surface area contributed by atoms with Crippen molar-refractivity contribution in [3.63, 3.8) is 0 Å². The van der Waals surface area contributed by atoms with Crippen LogP contribution >= 0.6 is 0 Å². The Morgan fingerprint density at radius 3 is 2.44 bits per heavy atom. The van der Waals surface area contributed by atoms with Crippen LogP contribution in [0.25, 0.3) is 0 Å². The van der Waals surface area contributed by atoms with Crippen LogP contribution in [0.1, 0.15) is 16.8 Å². The SMILES string of the molecule is CS(=O)(=O)C1CCN(C(=O)c2ccc(F)cc2)C1. The fraction of sp³-hybridized carbons (Fsp3) is 0.417. The zero-order chi connectivity index (χ0) is 13.3. The van der Waals surface area contributed by atoms with Crippen molar-refractivity contribution in [2.24, 2.45) is 0 Å². The summed E-state index contributed by atoms with van der Waals surface area (Å²) in [7, 11) is -3.11. The molecule has 0 bridgehead atoms. The van der Waals surface area contributed by atoms with Gasteiger partial charge in [-0.2, -0.15) is 0 Å². The molecule has 0 spiro atoms. The monoisotopic (exact) mass is 271 g/mol. The van der Waals surface area contributed by atoms with Gasteiger partial charge in [0.1, 0.15) is 5.82 Å². The Kier molecular flexibility index (Phi) is 3.38. The molecule has 1 aliphatic rings. The van der Waals surface area contributed by atoms with Crippen LogP contribution in [0.4, 0.5) is 4.39 Å². The third kappa shape index (κ3) is 2.69. The smallest absolute Gasteiger partial charge is 0.253 e. The summed E-state index contributed by atoms with van der Waals surface area (Å²) in [6, 6.07) is 5.26. The first-order valence-corrected chi connectivity index (χ1v) is 7.57. The molecule has 4 nitrogen and oxygen atoms in total. The summed E-state index contributed by atoms with van der Waals surface area (Å²) >= 11 is 0. The maximum atomic E-state index is 12.7. The van der Waals surface area contributed by atoms with Crippen LogP contribution in [-0.4, -0.2) is 43.8 Å². The van der Waals surface area contributed by atoms with Gasteiger partial charge in [-0.25, -0.2) is 12.8 Å². The van der Waals surface area contributed by atoms with Crippen molar-refractivity contribution >= 4 is 15.7 Å². The molecule has 1 saturated heterocycles. The van der Waals surface area contributed by atoms with Crippen molar-refractivity contribution in [3.05, 3.63) is 35.6 Å². The fourth-order valence-corrected chi connectivity index (χ4v) is 3.02. The lowest BCUT2D eigenvalue weighted by molar-refractivity contribution is 0.0793. The molecule has 1 amide bonds. The predicted molar refractivity (Wildman–Crippen MR) is 65.6 cm³/mol. The van der Waals surface area contributed by atoms with Crippen LogP contribution in [0.3, 0.4) is 0 Å². The number of halogens is 1. The second-order valence-corrected chi connectivity index (χ2v) is 6.82. The number of hydrogen-bond donors (Lipinski definition) is 0. The van der Waals surface area contributed by atoms with Gasteiger partial charge in [-0.3, -0.25) is 4.79 Å². The predicted octanol–water partition coefficient (Wildman–Crippen LogP) is 1.08. The van der Waals surface area contributed by atoms with Gasteiger partial charge in [-0.15, -0.1) is 0 Å². The van der Waals surface area contributed by atoms with Crippen molar-refractivity contribution in [1.82, 2.24) is 4.90 Å². The Bertz CT molecular complexity index is 553. The van der Waals surface area contributed by atoms with E-state index in [0.29, 0.717) is 18.5 Å². The fourth-order valence-electron chi connectivity index (χ4n) is 2.04. The zero-order valence-electron chi connectivity index (χ0n) is 9.97. The van der Waals surface area contributed by atoms with Crippen molar-refractivity contribution in [1.29, 1.82) is 0 Å². The molecule has 18 heavy (non-hydrogen) atoms. The molecule has 6 heteroatoms. The Labute approximate surface area is 105 Å². The summed E-state index contributed by atoms with van der Waals surface area (Å²) in [5.74, 6) is -0.650. The standard InChI is InChI=1S/C12H14FNO3S/c1-18(16,17)11-6-7-14(8-11)12(15)9-2-4-10(13)5-3-9/h2-5,11H,6-8H2,1H3. The van der Waals surface area contributed by atoms with Crippen LogP contribution in [0.15, 0.2) is 24.3 Å². The van der Waals surface area contributed by atoms with Gasteiger partial charge in [0.2, 0.25) is 0 Å². The Hall–Kier alpha value is -1.43. The summed E-state index contributed by atoms with van der Waals surface area (Å²) in [5.41, 5.74) is 0.380. The molecule has 0 radical (unpaired) electrons. The van der Waals surface area contributed by atoms with Crippen molar-refractivity contribution in [2.45, 2.75) is 11.7 Å². The second kappa shape index (κ2) is 4.68. The minimum absolute atomic E-state index is 0.217. The molecule has 1 unspecified atom stereocenters. The van der Waals surface area contributed by atoms with Crippen molar-refractivity contribution in [3.8, 4) is 0 Å². The first-order chi connectivity index (χ1) is 8.38. The average Bonchev–Trinajstić information content (AvgIpc) is 2.78. The van der Waals surface area contributed by atoms with E-state index in [1.807, 2.05) is 0 Å². The van der Waals surface area contributed by atoms with E-state index in [4.69, 9.17) is 0 Å². The molecule has 0 saturated carbocycles. The van der Waals surface area contributed by atoms with Crippen LogP contribution in [-0.2, 0) is 9.84 Å². The Morgan fingerprint density at radius 1 is 1.33 bits per heavy atom. The highest BCUT2D eigenvalue weighted by Crippen LogP contribution is 2.18. The van der Waals surface area contributed by atoms with Gasteiger partial charge < -0.3 is 4.90 Å². The van der Waals surface area contributed by atoms with Gasteiger partial charge >= 0.3 is 0 Å². The highest BCUT2D eigenvalue weighted by Gasteiger charge is 2.32. The number of amides is 1. The van der Waals surface area contributed by atoms with Crippen LogP contribution < -0.4 is 0 Å². The first kappa shape index (κ1) is 13.0. The molecular weight excluding hydrogens is 257 g/mol. The first-order valence-electron chi connectivity index (χ1n) is 5.61. The van der Waals surface area contributed by atoms with E-state index in [1.165, 1.54) is 35.4 Å². The number of likely N-dealkylation sites (tertiary alicyclic amines) is 1. The maximum absolute atomic E-state index is 12.7. The Balaban J connectivity index is 2.10. The largest absolute Gasteiger partial charge is 0.337 e. The number of sulfone groups is 1. The molecule has 1 aromatic rings. The maximum Gasteiger partial charge on any atom is 0.253 e. The number of benzene rings is 1. The quantitative estimate of drug-likeness (QED) is 0.809. The Morgan fingerprint density at radius 2 is 1.94 bits per heavy atom. The minimum atomic E-state index is -3.11. The van der Waals surface area contributed by atoms with Crippen LogP contribution in [0, 0.1) is 5.82 Å². The van der Waals surface area contributed by atoms with Gasteiger partial charge in [-0.1, -0.05) is 0 Å². The van der Waals surface area contributed by atoms with E-state index in [9.17, 15) is 17.6 Å². The topological polar surface area (TPSA) is 54.5 Å². The number of nitrogens with zero attached hydrogens (tertiary/aromatic N) is 1. The number of carbonyl (C=O) groups is 1. The van der Waals surface area contributed by atoms with Crippen LogP contribution in [0.2, 0.25) is 0 Å². The van der Waals surface area contributed by atoms with E-state index in [1.54, 1.807) is 0 Å². The lowest BCUT2D eigenvalue weighted by atomic mass is 10.2. The molecule has 0 N–H and O–H groups in total. The zero-order valence-corrected chi connectivity index (χ0v) is 10.8. The molecule has 1 aromatic carbocycles. The van der Waals surface area contributed by atoms with Gasteiger partial charge in [0.15, 0.2) is 9.84 Å². The third-order valence-corrected chi connectivity index (χ3v) is 4.72. The summed E-state index contributed by atoms with van der Waals surface area (Å²) < 4.78 is 35.5. The third-order valence-electron chi connectivity index (χ3n) is 3.13. The van der Waals surface area contributed by atoms with E-state index < -0.39 is 20.9 Å². The van der Waals surface area contributed by atoms with Gasteiger partial charge in [0.05, 0.1) is 5.25 Å². The summed E-state index contributed by atoms with van der Waals surface area (Å²) in [5, 5.41) is -0.484. The molecular formula is C12H14FNO3S. The summed E-state index contributed by atoms with van der Waals surface area (Å²) in [4.78, 5) is 13.5.